The smallest absolute Gasteiger partial charge is 0.310 e. The molecule has 1 fully saturated rings. The highest BCUT2D eigenvalue weighted by Gasteiger charge is 2.41. The molecule has 1 saturated carbocycles. The normalized spacial score (nSPS) is 19.6. The lowest BCUT2D eigenvalue weighted by Crippen LogP contribution is -2.35. The summed E-state index contributed by atoms with van der Waals surface area (Å²) in [5.41, 5.74) is -0.683. The molecule has 1 aliphatic rings. The van der Waals surface area contributed by atoms with E-state index in [0.29, 0.717) is 31.0 Å². The molecule has 16 heavy (non-hydrogen) atoms. The first-order valence-corrected chi connectivity index (χ1v) is 5.65. The second-order valence-electron chi connectivity index (χ2n) is 4.56. The summed E-state index contributed by atoms with van der Waals surface area (Å²) in [5, 5.41) is 13.1. The molecule has 1 heterocycles. The van der Waals surface area contributed by atoms with Gasteiger partial charge in [-0.05, 0) is 19.8 Å². The molecular formula is C11H16N2O3. The molecule has 1 aromatic rings. The average Bonchev–Trinajstić information content (AvgIpc) is 2.65. The number of carbonyl (C=O) groups is 1. The molecule has 0 atom stereocenters. The number of hydrogen-bond donors (Lipinski definition) is 1. The topological polar surface area (TPSA) is 76.2 Å². The van der Waals surface area contributed by atoms with Crippen molar-refractivity contribution in [2.45, 2.75) is 45.4 Å². The van der Waals surface area contributed by atoms with Crippen LogP contribution in [0.1, 0.15) is 43.8 Å². The Hall–Kier alpha value is -1.39. The van der Waals surface area contributed by atoms with Gasteiger partial charge in [0.25, 0.3) is 0 Å². The molecule has 1 aromatic heterocycles. The van der Waals surface area contributed by atoms with Gasteiger partial charge in [0.1, 0.15) is 0 Å². The highest BCUT2D eigenvalue weighted by atomic mass is 16.5. The van der Waals surface area contributed by atoms with Gasteiger partial charge in [-0.15, -0.1) is 0 Å². The van der Waals surface area contributed by atoms with Crippen molar-refractivity contribution < 1.29 is 14.4 Å². The van der Waals surface area contributed by atoms with Gasteiger partial charge in [0.2, 0.25) is 5.89 Å². The van der Waals surface area contributed by atoms with Crippen LogP contribution in [0.5, 0.6) is 0 Å². The summed E-state index contributed by atoms with van der Waals surface area (Å²) in [4.78, 5) is 15.5. The fraction of sp³-hybridized carbons (Fsp3) is 0.727. The van der Waals surface area contributed by atoms with E-state index < -0.39 is 11.4 Å². The molecule has 0 saturated heterocycles. The first-order chi connectivity index (χ1) is 7.62. The molecule has 0 aromatic carbocycles. The minimum atomic E-state index is -0.733. The van der Waals surface area contributed by atoms with Gasteiger partial charge >= 0.3 is 5.97 Å². The van der Waals surface area contributed by atoms with E-state index in [2.05, 4.69) is 10.1 Å². The molecule has 0 bridgehead atoms. The second kappa shape index (κ2) is 4.23. The second-order valence-corrected chi connectivity index (χ2v) is 4.56. The Morgan fingerprint density at radius 3 is 2.62 bits per heavy atom. The Labute approximate surface area is 93.9 Å². The van der Waals surface area contributed by atoms with Crippen LogP contribution in [0.25, 0.3) is 0 Å². The van der Waals surface area contributed by atoms with Crippen molar-refractivity contribution in [3.63, 3.8) is 0 Å². The number of carboxylic acid groups (broad SMARTS) is 1. The Bertz CT molecular complexity index is 380. The van der Waals surface area contributed by atoms with Gasteiger partial charge in [-0.25, -0.2) is 0 Å². The maximum atomic E-state index is 11.4. The SMILES string of the molecule is Cc1noc(CC2(C(=O)O)CCCCC2)n1. The summed E-state index contributed by atoms with van der Waals surface area (Å²) < 4.78 is 5.02. The van der Waals surface area contributed by atoms with Crippen molar-refractivity contribution in [2.24, 2.45) is 5.41 Å². The van der Waals surface area contributed by atoms with E-state index in [1.54, 1.807) is 6.92 Å². The summed E-state index contributed by atoms with van der Waals surface area (Å²) in [6.45, 7) is 1.74. The monoisotopic (exact) mass is 224 g/mol. The molecule has 1 aliphatic carbocycles. The maximum absolute atomic E-state index is 11.4. The fourth-order valence-electron chi connectivity index (χ4n) is 2.40. The molecule has 5 nitrogen and oxygen atoms in total. The molecule has 1 N–H and O–H groups in total. The zero-order valence-electron chi connectivity index (χ0n) is 9.40. The maximum Gasteiger partial charge on any atom is 0.310 e. The standard InChI is InChI=1S/C11H16N2O3/c1-8-12-9(16-13-8)7-11(10(14)15)5-3-2-4-6-11/h2-7H2,1H3,(H,14,15). The van der Waals surface area contributed by atoms with Crippen LogP contribution in [-0.4, -0.2) is 21.2 Å². The highest BCUT2D eigenvalue weighted by molar-refractivity contribution is 5.75. The minimum Gasteiger partial charge on any atom is -0.481 e. The lowest BCUT2D eigenvalue weighted by molar-refractivity contribution is -0.151. The molecule has 0 unspecified atom stereocenters. The van der Waals surface area contributed by atoms with Crippen LogP contribution < -0.4 is 0 Å². The summed E-state index contributed by atoms with van der Waals surface area (Å²) in [7, 11) is 0. The van der Waals surface area contributed by atoms with Gasteiger partial charge < -0.3 is 9.63 Å². The Balaban J connectivity index is 2.16. The van der Waals surface area contributed by atoms with E-state index in [1.165, 1.54) is 0 Å². The van der Waals surface area contributed by atoms with E-state index in [0.717, 1.165) is 19.3 Å². The number of nitrogens with zero attached hydrogens (tertiary/aromatic N) is 2. The first-order valence-electron chi connectivity index (χ1n) is 5.65. The zero-order chi connectivity index (χ0) is 11.6. The lowest BCUT2D eigenvalue weighted by Gasteiger charge is -2.31. The summed E-state index contributed by atoms with van der Waals surface area (Å²) in [6.07, 6.45) is 4.85. The summed E-state index contributed by atoms with van der Waals surface area (Å²) in [5.74, 6) is 0.274. The number of aryl methyl sites for hydroxylation is 1. The largest absolute Gasteiger partial charge is 0.481 e. The highest BCUT2D eigenvalue weighted by Crippen LogP contribution is 2.39. The van der Waals surface area contributed by atoms with Gasteiger partial charge in [-0.1, -0.05) is 24.4 Å². The number of rotatable bonds is 3. The molecule has 0 aliphatic heterocycles. The van der Waals surface area contributed by atoms with Crippen molar-refractivity contribution in [3.05, 3.63) is 11.7 Å². The van der Waals surface area contributed by atoms with Crippen LogP contribution in [0.3, 0.4) is 0 Å². The summed E-state index contributed by atoms with van der Waals surface area (Å²) >= 11 is 0. The molecule has 0 amide bonds. The third-order valence-corrected chi connectivity index (χ3v) is 3.32. The van der Waals surface area contributed by atoms with Crippen LogP contribution in [0.4, 0.5) is 0 Å². The van der Waals surface area contributed by atoms with E-state index in [4.69, 9.17) is 4.52 Å². The van der Waals surface area contributed by atoms with Crippen LogP contribution in [0.2, 0.25) is 0 Å². The van der Waals surface area contributed by atoms with Gasteiger partial charge in [-0.2, -0.15) is 4.98 Å². The molecular weight excluding hydrogens is 208 g/mol. The van der Waals surface area contributed by atoms with E-state index in [-0.39, 0.29) is 0 Å². The lowest BCUT2D eigenvalue weighted by atomic mass is 9.72. The van der Waals surface area contributed by atoms with Gasteiger partial charge in [0, 0.05) is 6.42 Å². The van der Waals surface area contributed by atoms with Crippen molar-refractivity contribution in [1.82, 2.24) is 10.1 Å². The van der Waals surface area contributed by atoms with Crippen molar-refractivity contribution in [1.29, 1.82) is 0 Å². The van der Waals surface area contributed by atoms with Crippen LogP contribution >= 0.6 is 0 Å². The predicted octanol–water partition coefficient (Wildman–Crippen LogP) is 1.96. The summed E-state index contributed by atoms with van der Waals surface area (Å²) in [6, 6.07) is 0. The molecule has 0 radical (unpaired) electrons. The van der Waals surface area contributed by atoms with Crippen LogP contribution in [0.15, 0.2) is 4.52 Å². The Morgan fingerprint density at radius 1 is 1.44 bits per heavy atom. The number of hydrogen-bond acceptors (Lipinski definition) is 4. The van der Waals surface area contributed by atoms with Crippen molar-refractivity contribution in [3.8, 4) is 0 Å². The van der Waals surface area contributed by atoms with E-state index in [9.17, 15) is 9.90 Å². The zero-order valence-corrected chi connectivity index (χ0v) is 9.40. The molecule has 2 rings (SSSR count). The quantitative estimate of drug-likeness (QED) is 0.849. The van der Waals surface area contributed by atoms with E-state index >= 15 is 0 Å². The first kappa shape index (κ1) is 11.1. The number of carboxylic acids is 1. The number of aliphatic carboxylic acids is 1. The fourth-order valence-corrected chi connectivity index (χ4v) is 2.40. The van der Waals surface area contributed by atoms with Crippen LogP contribution in [-0.2, 0) is 11.2 Å². The Morgan fingerprint density at radius 2 is 2.12 bits per heavy atom. The number of aromatic nitrogens is 2. The van der Waals surface area contributed by atoms with Crippen molar-refractivity contribution >= 4 is 5.97 Å². The van der Waals surface area contributed by atoms with Gasteiger partial charge in [0.05, 0.1) is 5.41 Å². The average molecular weight is 224 g/mol. The third-order valence-electron chi connectivity index (χ3n) is 3.32. The molecule has 0 spiro atoms. The van der Waals surface area contributed by atoms with Crippen molar-refractivity contribution in [2.75, 3.05) is 0 Å². The van der Waals surface area contributed by atoms with Gasteiger partial charge in [0.15, 0.2) is 5.82 Å². The molecule has 5 heteroatoms. The predicted molar refractivity (Wildman–Crippen MR) is 55.9 cm³/mol. The Kier molecular flexibility index (Phi) is 2.94. The van der Waals surface area contributed by atoms with Gasteiger partial charge in [-0.3, -0.25) is 4.79 Å². The minimum absolute atomic E-state index is 0.364. The molecule has 88 valence electrons. The van der Waals surface area contributed by atoms with Crippen LogP contribution in [0, 0.1) is 12.3 Å². The third kappa shape index (κ3) is 2.08. The van der Waals surface area contributed by atoms with E-state index in [1.807, 2.05) is 0 Å².